The molecule has 0 aromatic carbocycles. The molecule has 0 saturated carbocycles. The average Bonchev–Trinajstić information content (AvgIpc) is 3.34. The van der Waals surface area contributed by atoms with Crippen molar-refractivity contribution >= 4 is 47.4 Å². The van der Waals surface area contributed by atoms with Gasteiger partial charge in [0.15, 0.2) is 0 Å². The summed E-state index contributed by atoms with van der Waals surface area (Å²) < 4.78 is 0. The lowest BCUT2D eigenvalue weighted by Crippen LogP contribution is -2.57. The summed E-state index contributed by atoms with van der Waals surface area (Å²) in [6.45, 7) is 0. The van der Waals surface area contributed by atoms with Gasteiger partial charge in [-0.05, 0) is 31.3 Å². The van der Waals surface area contributed by atoms with Crippen LogP contribution >= 0.6 is 11.8 Å². The van der Waals surface area contributed by atoms with Gasteiger partial charge in [0, 0.05) is 31.2 Å². The van der Waals surface area contributed by atoms with Gasteiger partial charge < -0.3 is 42.0 Å². The zero-order valence-corrected chi connectivity index (χ0v) is 21.0. The quantitative estimate of drug-likeness (QED) is 0.103. The Morgan fingerprint density at radius 2 is 1.43 bits per heavy atom. The van der Waals surface area contributed by atoms with E-state index < -0.39 is 66.2 Å². The molecule has 0 saturated heterocycles. The van der Waals surface area contributed by atoms with E-state index in [0.717, 1.165) is 0 Å². The molecule has 15 nitrogen and oxygen atoms in total. The summed E-state index contributed by atoms with van der Waals surface area (Å²) in [7, 11) is 0. The molecule has 0 spiro atoms. The molecule has 37 heavy (non-hydrogen) atoms. The van der Waals surface area contributed by atoms with Crippen LogP contribution in [0.5, 0.6) is 0 Å². The first-order valence-electron chi connectivity index (χ1n) is 11.2. The van der Waals surface area contributed by atoms with Crippen LogP contribution in [0.4, 0.5) is 0 Å². The lowest BCUT2D eigenvalue weighted by Gasteiger charge is -2.25. The van der Waals surface area contributed by atoms with Crippen molar-refractivity contribution in [1.29, 1.82) is 0 Å². The number of hydrogen-bond acceptors (Lipinski definition) is 9. The van der Waals surface area contributed by atoms with E-state index in [4.69, 9.17) is 15.9 Å². The lowest BCUT2D eigenvalue weighted by atomic mass is 10.1. The van der Waals surface area contributed by atoms with E-state index in [0.29, 0.717) is 11.4 Å². The minimum absolute atomic E-state index is 0.134. The SMILES string of the molecule is CSCCC(NC(=O)C(N)CCC(=O)O)C(=O)NC(CCC(=O)O)C(=O)NC(Cc1cnc[nH]1)C(=O)O. The van der Waals surface area contributed by atoms with E-state index in [-0.39, 0.29) is 32.1 Å². The third-order valence-corrected chi connectivity index (χ3v) is 5.77. The maximum atomic E-state index is 13.0. The lowest BCUT2D eigenvalue weighted by molar-refractivity contribution is -0.143. The van der Waals surface area contributed by atoms with Gasteiger partial charge in [-0.15, -0.1) is 0 Å². The van der Waals surface area contributed by atoms with Crippen LogP contribution in [-0.4, -0.2) is 97.1 Å². The number of nitrogens with one attached hydrogen (secondary N) is 4. The standard InChI is InChI=1S/C21H32N6O9S/c1-37-7-6-14(25-18(32)12(22)2-4-16(28)29)20(34)26-13(3-5-17(30)31)19(33)27-15(21(35)36)8-11-9-23-10-24-11/h9-10,12-15H,2-8,22H2,1H3,(H,23,24)(H,25,32)(H,26,34)(H,27,33)(H,28,29)(H,30,31)(H,35,36). The van der Waals surface area contributed by atoms with Gasteiger partial charge in [-0.1, -0.05) is 0 Å². The predicted molar refractivity (Wildman–Crippen MR) is 130 cm³/mol. The Labute approximate surface area is 216 Å². The van der Waals surface area contributed by atoms with Gasteiger partial charge in [0.2, 0.25) is 17.7 Å². The van der Waals surface area contributed by atoms with Crippen molar-refractivity contribution in [1.82, 2.24) is 25.9 Å². The Bertz CT molecular complexity index is 943. The summed E-state index contributed by atoms with van der Waals surface area (Å²) >= 11 is 1.38. The minimum Gasteiger partial charge on any atom is -0.481 e. The fourth-order valence-corrected chi connectivity index (χ4v) is 3.56. The molecule has 1 heterocycles. The van der Waals surface area contributed by atoms with E-state index in [2.05, 4.69) is 25.9 Å². The van der Waals surface area contributed by atoms with E-state index in [1.54, 1.807) is 6.26 Å². The summed E-state index contributed by atoms with van der Waals surface area (Å²) in [6.07, 6.45) is 3.13. The van der Waals surface area contributed by atoms with Crippen LogP contribution in [0, 0.1) is 0 Å². The van der Waals surface area contributed by atoms with Crippen molar-refractivity contribution in [2.75, 3.05) is 12.0 Å². The number of carboxylic acids is 3. The first kappa shape index (κ1) is 31.4. The summed E-state index contributed by atoms with van der Waals surface area (Å²) in [4.78, 5) is 78.2. The number of aromatic nitrogens is 2. The number of thioether (sulfide) groups is 1. The number of carbonyl (C=O) groups excluding carboxylic acids is 3. The Kier molecular flexibility index (Phi) is 13.7. The number of carboxylic acid groups (broad SMARTS) is 3. The molecule has 9 N–H and O–H groups in total. The molecule has 1 aromatic rings. The number of nitrogens with zero attached hydrogens (tertiary/aromatic N) is 1. The van der Waals surface area contributed by atoms with Crippen molar-refractivity contribution in [2.24, 2.45) is 5.73 Å². The van der Waals surface area contributed by atoms with Gasteiger partial charge in [-0.25, -0.2) is 9.78 Å². The highest BCUT2D eigenvalue weighted by Gasteiger charge is 2.31. The zero-order valence-electron chi connectivity index (χ0n) is 20.1. The number of imidazole rings is 1. The molecule has 1 aromatic heterocycles. The fourth-order valence-electron chi connectivity index (χ4n) is 3.09. The summed E-state index contributed by atoms with van der Waals surface area (Å²) in [5.74, 6) is -5.80. The maximum Gasteiger partial charge on any atom is 0.326 e. The Morgan fingerprint density at radius 3 is 1.95 bits per heavy atom. The number of nitrogens with two attached hydrogens (primary N) is 1. The Hall–Kier alpha value is -3.66. The smallest absolute Gasteiger partial charge is 0.326 e. The van der Waals surface area contributed by atoms with Crippen molar-refractivity contribution in [3.05, 3.63) is 18.2 Å². The highest BCUT2D eigenvalue weighted by molar-refractivity contribution is 7.98. The van der Waals surface area contributed by atoms with Crippen LogP contribution in [0.1, 0.15) is 37.8 Å². The number of aromatic amines is 1. The van der Waals surface area contributed by atoms with Crippen molar-refractivity contribution in [2.45, 2.75) is 62.7 Å². The third kappa shape index (κ3) is 12.2. The second-order valence-corrected chi connectivity index (χ2v) is 9.04. The second kappa shape index (κ2) is 16.2. The average molecular weight is 545 g/mol. The number of aliphatic carboxylic acids is 3. The van der Waals surface area contributed by atoms with Gasteiger partial charge in [-0.3, -0.25) is 24.0 Å². The predicted octanol–water partition coefficient (Wildman–Crippen LogP) is -1.70. The number of hydrogen-bond donors (Lipinski definition) is 8. The summed E-state index contributed by atoms with van der Waals surface area (Å²) in [5, 5.41) is 34.4. The van der Waals surface area contributed by atoms with Crippen LogP contribution in [0.25, 0.3) is 0 Å². The minimum atomic E-state index is -1.42. The van der Waals surface area contributed by atoms with Crippen LogP contribution in [0.3, 0.4) is 0 Å². The van der Waals surface area contributed by atoms with Gasteiger partial charge in [-0.2, -0.15) is 11.8 Å². The molecule has 3 amide bonds. The maximum absolute atomic E-state index is 13.0. The van der Waals surface area contributed by atoms with Gasteiger partial charge in [0.25, 0.3) is 0 Å². The second-order valence-electron chi connectivity index (χ2n) is 8.06. The van der Waals surface area contributed by atoms with Crippen LogP contribution in [-0.2, 0) is 35.2 Å². The fraction of sp³-hybridized carbons (Fsp3) is 0.571. The number of H-pyrrole nitrogens is 1. The Balaban J connectivity index is 2.97. The molecule has 0 aliphatic rings. The third-order valence-electron chi connectivity index (χ3n) is 5.12. The molecule has 4 unspecified atom stereocenters. The van der Waals surface area contributed by atoms with E-state index in [1.807, 2.05) is 0 Å². The van der Waals surface area contributed by atoms with Crippen molar-refractivity contribution in [3.8, 4) is 0 Å². The molecule has 0 radical (unpaired) electrons. The van der Waals surface area contributed by atoms with Gasteiger partial charge >= 0.3 is 17.9 Å². The number of rotatable bonds is 18. The number of carbonyl (C=O) groups is 6. The molecule has 1 rings (SSSR count). The molecule has 16 heteroatoms. The first-order chi connectivity index (χ1) is 17.4. The number of amides is 3. The molecule has 0 aliphatic carbocycles. The summed E-state index contributed by atoms with van der Waals surface area (Å²) in [5.41, 5.74) is 6.14. The van der Waals surface area contributed by atoms with Gasteiger partial charge in [0.05, 0.1) is 12.4 Å². The molecule has 0 bridgehead atoms. The van der Waals surface area contributed by atoms with Crippen molar-refractivity contribution in [3.63, 3.8) is 0 Å². The normalized spacial score (nSPS) is 14.0. The molecular weight excluding hydrogens is 512 g/mol. The Morgan fingerprint density at radius 1 is 0.892 bits per heavy atom. The van der Waals surface area contributed by atoms with E-state index in [9.17, 15) is 33.9 Å². The van der Waals surface area contributed by atoms with Crippen LogP contribution in [0.15, 0.2) is 12.5 Å². The van der Waals surface area contributed by atoms with Gasteiger partial charge in [0.1, 0.15) is 18.1 Å². The van der Waals surface area contributed by atoms with Crippen molar-refractivity contribution < 1.29 is 44.1 Å². The molecule has 206 valence electrons. The topological polar surface area (TPSA) is 254 Å². The highest BCUT2D eigenvalue weighted by atomic mass is 32.2. The molecular formula is C21H32N6O9S. The van der Waals surface area contributed by atoms with Crippen LogP contribution in [0.2, 0.25) is 0 Å². The highest BCUT2D eigenvalue weighted by Crippen LogP contribution is 2.07. The first-order valence-corrected chi connectivity index (χ1v) is 12.6. The summed E-state index contributed by atoms with van der Waals surface area (Å²) in [6, 6.07) is -5.15. The molecule has 4 atom stereocenters. The van der Waals surface area contributed by atoms with E-state index >= 15 is 0 Å². The molecule has 0 fully saturated rings. The van der Waals surface area contributed by atoms with E-state index in [1.165, 1.54) is 24.3 Å². The van der Waals surface area contributed by atoms with Crippen LogP contribution < -0.4 is 21.7 Å². The largest absolute Gasteiger partial charge is 0.481 e. The zero-order chi connectivity index (χ0) is 28.0. The monoisotopic (exact) mass is 544 g/mol. The molecule has 0 aliphatic heterocycles.